The fourth-order valence-corrected chi connectivity index (χ4v) is 4.51. The van der Waals surface area contributed by atoms with Crippen LogP contribution >= 0.6 is 0 Å². The van der Waals surface area contributed by atoms with Crippen LogP contribution in [0.25, 0.3) is 0 Å². The van der Waals surface area contributed by atoms with Crippen LogP contribution in [0.15, 0.2) is 47.6 Å². The molecule has 2 aliphatic rings. The molecule has 2 heterocycles. The van der Waals surface area contributed by atoms with Gasteiger partial charge >= 0.3 is 5.97 Å². The summed E-state index contributed by atoms with van der Waals surface area (Å²) in [4.78, 5) is 29.6. The maximum Gasteiger partial charge on any atom is 0.320 e. The molecule has 0 aromatic heterocycles. The number of nitrogens with two attached hydrogens (primary N) is 1. The van der Waals surface area contributed by atoms with Crippen LogP contribution in [0.4, 0.5) is 0 Å². The first-order chi connectivity index (χ1) is 17.4. The van der Waals surface area contributed by atoms with Crippen molar-refractivity contribution in [3.8, 4) is 0 Å². The molecule has 1 saturated heterocycles. The first-order valence-corrected chi connectivity index (χ1v) is 12.8. The zero-order chi connectivity index (χ0) is 25.5. The van der Waals surface area contributed by atoms with Crippen LogP contribution < -0.4 is 5.73 Å². The van der Waals surface area contributed by atoms with Crippen molar-refractivity contribution in [3.63, 3.8) is 0 Å². The molecule has 0 amide bonds. The summed E-state index contributed by atoms with van der Waals surface area (Å²) >= 11 is 0. The van der Waals surface area contributed by atoms with Crippen molar-refractivity contribution < 1.29 is 14.3 Å². The van der Waals surface area contributed by atoms with Crippen molar-refractivity contribution >= 4 is 18.0 Å². The quantitative estimate of drug-likeness (QED) is 0.250. The third-order valence-electron chi connectivity index (χ3n) is 6.90. The molecule has 0 radical (unpaired) electrons. The zero-order valence-corrected chi connectivity index (χ0v) is 21.4. The topological polar surface area (TPSA) is 91.5 Å². The average Bonchev–Trinajstić information content (AvgIpc) is 2.90. The van der Waals surface area contributed by atoms with E-state index in [1.54, 1.807) is 0 Å². The van der Waals surface area contributed by atoms with E-state index in [4.69, 9.17) is 10.5 Å². The number of nitrogens with zero attached hydrogens (tertiary/aromatic N) is 4. The number of rotatable bonds is 9. The lowest BCUT2D eigenvalue weighted by Gasteiger charge is -2.34. The highest BCUT2D eigenvalue weighted by molar-refractivity contribution is 6.09. The number of hydrogen-bond donors (Lipinski definition) is 1. The summed E-state index contributed by atoms with van der Waals surface area (Å²) in [7, 11) is 2.12. The fourth-order valence-electron chi connectivity index (χ4n) is 4.51. The van der Waals surface area contributed by atoms with Crippen molar-refractivity contribution in [3.05, 3.63) is 70.3 Å². The SMILES string of the molecule is CCCCOC(=O)CN1CCc2ccc(C(=O)c3ccc(C=NN4CCN(C)CC4)cc3)cc2C1N. The molecule has 192 valence electrons. The third kappa shape index (κ3) is 6.57. The van der Waals surface area contributed by atoms with Crippen molar-refractivity contribution in [2.45, 2.75) is 32.4 Å². The van der Waals surface area contributed by atoms with Gasteiger partial charge in [0.2, 0.25) is 0 Å². The van der Waals surface area contributed by atoms with Gasteiger partial charge in [0, 0.05) is 43.9 Å². The Morgan fingerprint density at radius 3 is 2.50 bits per heavy atom. The first kappa shape index (κ1) is 26.0. The smallest absolute Gasteiger partial charge is 0.320 e. The van der Waals surface area contributed by atoms with Gasteiger partial charge in [-0.15, -0.1) is 0 Å². The Morgan fingerprint density at radius 2 is 1.78 bits per heavy atom. The van der Waals surface area contributed by atoms with Gasteiger partial charge in [0.05, 0.1) is 25.5 Å². The lowest BCUT2D eigenvalue weighted by atomic mass is 9.92. The zero-order valence-electron chi connectivity index (χ0n) is 21.4. The van der Waals surface area contributed by atoms with Crippen molar-refractivity contribution in [2.24, 2.45) is 10.8 Å². The number of piperazine rings is 1. The molecule has 1 fully saturated rings. The number of ether oxygens (including phenoxy) is 1. The Balaban J connectivity index is 1.39. The van der Waals surface area contributed by atoms with Crippen LogP contribution in [0.2, 0.25) is 0 Å². The van der Waals surface area contributed by atoms with Crippen LogP contribution in [0, 0.1) is 0 Å². The predicted molar refractivity (Wildman–Crippen MR) is 141 cm³/mol. The Kier molecular flexibility index (Phi) is 8.85. The van der Waals surface area contributed by atoms with Gasteiger partial charge in [-0.1, -0.05) is 49.7 Å². The molecular formula is C28H37N5O3. The van der Waals surface area contributed by atoms with E-state index in [1.165, 1.54) is 0 Å². The van der Waals surface area contributed by atoms with Crippen molar-refractivity contribution in [1.82, 2.24) is 14.8 Å². The van der Waals surface area contributed by atoms with E-state index in [0.29, 0.717) is 24.3 Å². The van der Waals surface area contributed by atoms with E-state index < -0.39 is 6.17 Å². The molecule has 2 aromatic rings. The highest BCUT2D eigenvalue weighted by Crippen LogP contribution is 2.28. The molecular weight excluding hydrogens is 454 g/mol. The number of unbranched alkanes of at least 4 members (excludes halogenated alkanes) is 1. The van der Waals surface area contributed by atoms with Gasteiger partial charge in [0.25, 0.3) is 0 Å². The monoisotopic (exact) mass is 491 g/mol. The third-order valence-corrected chi connectivity index (χ3v) is 6.90. The maximum atomic E-state index is 13.2. The minimum Gasteiger partial charge on any atom is -0.465 e. The number of esters is 1. The lowest BCUT2D eigenvalue weighted by molar-refractivity contribution is -0.145. The summed E-state index contributed by atoms with van der Waals surface area (Å²) < 4.78 is 5.30. The van der Waals surface area contributed by atoms with Gasteiger partial charge in [0.15, 0.2) is 5.78 Å². The van der Waals surface area contributed by atoms with E-state index >= 15 is 0 Å². The second-order valence-corrected chi connectivity index (χ2v) is 9.61. The van der Waals surface area contributed by atoms with Gasteiger partial charge in [-0.25, -0.2) is 0 Å². The normalized spacial score (nSPS) is 18.9. The lowest BCUT2D eigenvalue weighted by Crippen LogP contribution is -2.43. The Labute approximate surface area is 213 Å². The maximum absolute atomic E-state index is 13.2. The molecule has 2 aromatic carbocycles. The molecule has 0 spiro atoms. The molecule has 36 heavy (non-hydrogen) atoms. The van der Waals surface area contributed by atoms with Gasteiger partial charge < -0.3 is 15.4 Å². The summed E-state index contributed by atoms with van der Waals surface area (Å²) in [6.07, 6.45) is 4.01. The number of ketones is 1. The van der Waals surface area contributed by atoms with Gasteiger partial charge in [-0.2, -0.15) is 5.10 Å². The Morgan fingerprint density at radius 1 is 1.06 bits per heavy atom. The highest BCUT2D eigenvalue weighted by Gasteiger charge is 2.27. The minimum atomic E-state index is -0.451. The van der Waals surface area contributed by atoms with E-state index in [9.17, 15) is 9.59 Å². The summed E-state index contributed by atoms with van der Waals surface area (Å²) in [5, 5.41) is 6.64. The molecule has 1 atom stereocenters. The highest BCUT2D eigenvalue weighted by atomic mass is 16.5. The second kappa shape index (κ2) is 12.3. The predicted octanol–water partition coefficient (Wildman–Crippen LogP) is 2.66. The molecule has 2 N–H and O–H groups in total. The minimum absolute atomic E-state index is 0.0522. The summed E-state index contributed by atoms with van der Waals surface area (Å²) in [6.45, 7) is 7.19. The molecule has 0 aliphatic carbocycles. The number of carbonyl (C=O) groups is 2. The van der Waals surface area contributed by atoms with Crippen LogP contribution in [0.5, 0.6) is 0 Å². The largest absolute Gasteiger partial charge is 0.465 e. The van der Waals surface area contributed by atoms with Gasteiger partial charge in [-0.05, 0) is 42.6 Å². The molecule has 0 saturated carbocycles. The molecule has 2 aliphatic heterocycles. The summed E-state index contributed by atoms with van der Waals surface area (Å²) in [5.74, 6) is -0.311. The molecule has 1 unspecified atom stereocenters. The first-order valence-electron chi connectivity index (χ1n) is 12.8. The average molecular weight is 492 g/mol. The number of likely N-dealkylation sites (N-methyl/N-ethyl adjacent to an activating group) is 1. The Hall–Kier alpha value is -3.07. The van der Waals surface area contributed by atoms with E-state index in [0.717, 1.165) is 62.1 Å². The van der Waals surface area contributed by atoms with Crippen LogP contribution in [-0.2, 0) is 16.0 Å². The van der Waals surface area contributed by atoms with E-state index in [1.807, 2.05) is 53.6 Å². The molecule has 4 rings (SSSR count). The number of benzene rings is 2. The number of hydrogen-bond acceptors (Lipinski definition) is 8. The van der Waals surface area contributed by atoms with Crippen LogP contribution in [-0.4, -0.2) is 85.7 Å². The number of carbonyl (C=O) groups excluding carboxylic acids is 2. The van der Waals surface area contributed by atoms with Crippen LogP contribution in [0.1, 0.15) is 58.5 Å². The van der Waals surface area contributed by atoms with E-state index in [2.05, 4.69) is 29.0 Å². The second-order valence-electron chi connectivity index (χ2n) is 9.61. The standard InChI is InChI=1S/C28H37N5O3/c1-3-4-17-36-26(34)20-32-12-11-22-9-10-24(18-25(22)28(32)29)27(35)23-7-5-21(6-8-23)19-30-33-15-13-31(2)14-16-33/h5-10,18-19,28H,3-4,11-17,20,29H2,1-2H3. The van der Waals surface area contributed by atoms with Crippen LogP contribution in [0.3, 0.4) is 0 Å². The van der Waals surface area contributed by atoms with E-state index in [-0.39, 0.29) is 18.3 Å². The van der Waals surface area contributed by atoms with Gasteiger partial charge in [0.1, 0.15) is 0 Å². The number of hydrazone groups is 1. The summed E-state index contributed by atoms with van der Waals surface area (Å²) in [5.41, 5.74) is 10.7. The number of fused-ring (bicyclic) bond motifs is 1. The van der Waals surface area contributed by atoms with Crippen molar-refractivity contribution in [2.75, 3.05) is 52.9 Å². The molecule has 8 heteroatoms. The molecule has 0 bridgehead atoms. The van der Waals surface area contributed by atoms with Gasteiger partial charge in [-0.3, -0.25) is 19.5 Å². The Bertz CT molecular complexity index is 1080. The summed E-state index contributed by atoms with van der Waals surface area (Å²) in [6, 6.07) is 13.2. The van der Waals surface area contributed by atoms with Crippen molar-refractivity contribution in [1.29, 1.82) is 0 Å². The molecule has 8 nitrogen and oxygen atoms in total. The fraction of sp³-hybridized carbons (Fsp3) is 0.464.